The average Bonchev–Trinajstić information content (AvgIpc) is 0.810. The molecular weight excluding hydrogens is 9590 g/mol. The molecule has 0 atom stereocenters. The number of benzene rings is 4. The molecule has 6 aromatic rings. The minimum absolute atomic E-state index is 0. The Hall–Kier alpha value is 42.7. The maximum absolute atomic E-state index is 13.8. The molecule has 0 saturated carbocycles. The normalized spacial score (nSPS) is 16.6. The standard InChI is InChI=1S/C28H32F3N5O.C27H29F3N4O2.CH4.I68/c1-32-27(37)18-22-8-4-3-7-21(22)10-11-25-24(28(29,30)31)19-33-26(34-25)17-20-6-5-9-23(16-20)36-14-12-35(2)13-15-36;1-33-11-13-34(14-12-33)22-8-4-5-19(15-22)16-25-31-18-23(27(28,29)30)24(32-25)10-9-20-6-2-3-7-21(20)17-26(35)36;;1-36(2)38(5)40(7)42(9)44(11)46(13)48(15)50(17)52(19)54(21)56(23)58(25)60(27)62(29)64(31)66(33)68(35)67(34)65(32)63(30)61(28)59(26)57(24)55(22)53(20)51(18)49(16)47(14)45(12)43(10)41(8)39(6)37(3)4/h3-9,16,19H,10-15,17-18H2,1-2H3,(H,32,37);2-8,15,18H,9-14,16-17H2,1H3,(H,35,36);1H4;. The van der Waals surface area contributed by atoms with E-state index in [2.05, 4.69) is 723 Å². The number of rotatable bonds is 48. The predicted octanol–water partition coefficient (Wildman–Crippen LogP) is 69.0. The summed E-state index contributed by atoms with van der Waals surface area (Å²) in [4.78, 5) is 49.0. The van der Waals surface area contributed by atoms with Gasteiger partial charge in [0.25, 0.3) is 0 Å². The number of carboxylic acid groups (broad SMARTS) is 1. The topological polar surface area (TPSA) is 131 Å². The van der Waals surface area contributed by atoms with Gasteiger partial charge in [-0.05, 0) is 97.4 Å². The quantitative estimate of drug-likeness (QED) is 0.0280. The zero-order valence-electron chi connectivity index (χ0n) is 67.0. The van der Waals surface area contributed by atoms with Gasteiger partial charge < -0.3 is 30.0 Å². The minimum atomic E-state index is -4.57. The van der Waals surface area contributed by atoms with Crippen molar-refractivity contribution in [2.45, 2.75) is 71.1 Å². The van der Waals surface area contributed by atoms with Gasteiger partial charge in [0, 0.05) is 96.0 Å². The molecule has 2 aromatic heterocycles. The van der Waals surface area contributed by atoms with Crippen LogP contribution in [0.2, 0.25) is 0 Å². The SMILES string of the molecule is C.CN1CCN(c2cccc(Cc3ncc(C(F)(F)F)c(CCc4ccccc4CC(=O)O)n3)c2)CC1.CNC(=O)Cc1ccccc1CCc1nc(Cc2cccc(N3CCN(C)CC3)c2)ncc1C(F)(F)F.II(I)I(I)I(I)I(I)I(I)I(I)I(I)I(I)I(I)I(I)I(I)I(I)I(I)I(I)I(I)I(I)I(I)I(I)I(I)I(I)I(I)I(I)I(I)I(I)I(I)I(I)I(I)I(I)I(I)I(I)I(I)I(I)I(I)I. The third-order valence-electron chi connectivity index (χ3n) is 15.8. The van der Waals surface area contributed by atoms with E-state index < -0.39 is 290 Å². The Morgan fingerprint density at radius 2 is 0.549 bits per heavy atom. The third kappa shape index (κ3) is 64.1. The Labute approximate surface area is 1280 Å². The molecule has 8 rings (SSSR count). The molecule has 0 radical (unpaired) electrons. The van der Waals surface area contributed by atoms with Crippen molar-refractivity contribution in [1.82, 2.24) is 35.1 Å². The number of piperazine rings is 2. The molecule has 0 bridgehead atoms. The van der Waals surface area contributed by atoms with Crippen LogP contribution in [0.25, 0.3) is 0 Å². The average molecular weight is 9660 g/mol. The van der Waals surface area contributed by atoms with Crippen molar-refractivity contribution in [3.63, 3.8) is 0 Å². The first-order valence-electron chi connectivity index (χ1n) is 33.9. The van der Waals surface area contributed by atoms with Gasteiger partial charge in [0.15, 0.2) is 0 Å². The summed E-state index contributed by atoms with van der Waals surface area (Å²) in [6.45, 7) is 7.64. The molecular formula is C56H65F6I68N9O3. The number of aliphatic carboxylic acids is 1. The maximum atomic E-state index is 13.8. The molecule has 4 aromatic carbocycles. The number of hydrogen-bond acceptors (Lipinski definition) is 10. The van der Waals surface area contributed by atoms with Crippen LogP contribution in [0.15, 0.2) is 109 Å². The number of likely N-dealkylation sites (N-methyl/N-ethyl adjacent to an activating group) is 3. The van der Waals surface area contributed by atoms with E-state index in [0.29, 0.717) is 42.0 Å². The van der Waals surface area contributed by atoms with E-state index in [1.54, 1.807) is 31.3 Å². The van der Waals surface area contributed by atoms with E-state index in [4.69, 9.17) is 5.11 Å². The second-order valence-electron chi connectivity index (χ2n) is 23.9. The van der Waals surface area contributed by atoms with Crippen LogP contribution in [0, 0.1) is 0 Å². The first kappa shape index (κ1) is 175. The molecule has 2 saturated heterocycles. The number of halogens is 74. The van der Waals surface area contributed by atoms with Crippen LogP contribution in [0.4, 0.5) is 37.7 Å². The molecule has 86 heteroatoms. The van der Waals surface area contributed by atoms with Gasteiger partial charge in [-0.2, -0.15) is 26.3 Å². The number of nitrogens with zero attached hydrogens (tertiary/aromatic N) is 8. The summed E-state index contributed by atoms with van der Waals surface area (Å²) < 4.78 is 82.4. The van der Waals surface area contributed by atoms with Gasteiger partial charge in [-0.25, -0.2) is 19.9 Å². The summed E-state index contributed by atoms with van der Waals surface area (Å²) >= 11 is 116. The number of alkyl halides is 6. The van der Waals surface area contributed by atoms with Crippen LogP contribution in [0.5, 0.6) is 0 Å². The summed E-state index contributed by atoms with van der Waals surface area (Å²) in [7, 11) is -13.1. The number of hydrogen-bond donors (Lipinski definition) is 2. The van der Waals surface area contributed by atoms with Gasteiger partial charge in [0.05, 0.1) is 35.4 Å². The molecule has 2 aliphatic rings. The molecule has 12 nitrogen and oxygen atoms in total. The fourth-order valence-corrected chi connectivity index (χ4v) is 13000. The number of aryl methyl sites for hydroxylation is 4. The zero-order valence-corrected chi connectivity index (χ0v) is 214. The molecule has 2 N–H and O–H groups in total. The van der Waals surface area contributed by atoms with E-state index >= 15 is 0 Å². The number of nitrogens with one attached hydrogen (secondary N) is 1. The summed E-state index contributed by atoms with van der Waals surface area (Å²) in [6, 6.07) is 30.3. The van der Waals surface area contributed by atoms with Gasteiger partial charge in [0.1, 0.15) is 11.6 Å². The second kappa shape index (κ2) is 96.0. The number of amides is 1. The van der Waals surface area contributed by atoms with Crippen molar-refractivity contribution in [1.29, 1.82) is 0 Å². The van der Waals surface area contributed by atoms with Gasteiger partial charge in [-0.15, -0.1) is 0 Å². The Kier molecular flexibility index (Phi) is 118. The summed E-state index contributed by atoms with van der Waals surface area (Å²) in [5.74, 6) is -0.447. The summed E-state index contributed by atoms with van der Waals surface area (Å²) in [6.07, 6.45) is -5.97. The van der Waals surface area contributed by atoms with Crippen molar-refractivity contribution in [2.75, 3.05) is 83.3 Å². The van der Waals surface area contributed by atoms with Gasteiger partial charge in [-0.3, -0.25) is 9.59 Å². The van der Waals surface area contributed by atoms with E-state index in [1.165, 1.54) is 0 Å². The fourth-order valence-electron chi connectivity index (χ4n) is 10.00. The molecule has 142 heavy (non-hydrogen) atoms. The van der Waals surface area contributed by atoms with Crippen LogP contribution in [-0.4, -0.2) is 120 Å². The molecule has 0 spiro atoms. The van der Waals surface area contributed by atoms with E-state index in [0.717, 1.165) is 98.4 Å². The van der Waals surface area contributed by atoms with Crippen LogP contribution in [0.3, 0.4) is 0 Å². The molecule has 870 valence electrons. The van der Waals surface area contributed by atoms with E-state index in [1.807, 2.05) is 60.7 Å². The third-order valence-corrected chi connectivity index (χ3v) is 5300. The molecule has 4 heterocycles. The van der Waals surface area contributed by atoms with E-state index in [-0.39, 0.29) is 56.8 Å². The van der Waals surface area contributed by atoms with Crippen molar-refractivity contribution < 1.29 is 41.0 Å². The second-order valence-corrected chi connectivity index (χ2v) is 1630. The number of carbonyl (C=O) groups excluding carboxylic acids is 1. The first-order chi connectivity index (χ1) is 65.8. The van der Waals surface area contributed by atoms with Crippen molar-refractivity contribution in [2.24, 2.45) is 0 Å². The Bertz CT molecular complexity index is 4700. The Morgan fingerprint density at radius 1 is 0.324 bits per heavy atom. The van der Waals surface area contributed by atoms with Crippen molar-refractivity contribution in [3.8, 4) is 0 Å². The number of aromatic nitrogens is 4. The molecule has 0 aliphatic carbocycles. The number of anilines is 2. The molecule has 0 unspecified atom stereocenters. The molecule has 2 aliphatic heterocycles. The van der Waals surface area contributed by atoms with Crippen molar-refractivity contribution >= 4 is 935 Å². The summed E-state index contributed by atoms with van der Waals surface area (Å²) in [5, 5.41) is 11.7. The molecule has 1 amide bonds. The number of carbonyl (C=O) groups is 2. The van der Waals surface area contributed by atoms with Gasteiger partial charge in [-0.1, -0.05) is 80.2 Å². The van der Waals surface area contributed by atoms with Crippen molar-refractivity contribution in [3.05, 3.63) is 177 Å². The van der Waals surface area contributed by atoms with Gasteiger partial charge >= 0.3 is 930 Å². The predicted molar refractivity (Wildman–Crippen MR) is 1230 cm³/mol. The number of carboxylic acids is 1. The fraction of sp³-hybridized carbons (Fsp3) is 0.393. The van der Waals surface area contributed by atoms with Crippen LogP contribution in [-0.2, 0) is 73.3 Å². The molecule has 2 fully saturated rings. The Balaban J connectivity index is 0.000000403. The Morgan fingerprint density at radius 3 is 0.768 bits per heavy atom. The monoisotopic (exact) mass is 9660 g/mol. The van der Waals surface area contributed by atoms with Crippen LogP contribution < -0.4 is 15.1 Å². The summed E-state index contributed by atoms with van der Waals surface area (Å²) in [5.41, 5.74) is 5.23. The zero-order chi connectivity index (χ0) is 106. The first-order valence-corrected chi connectivity index (χ1v) is 455. The van der Waals surface area contributed by atoms with Crippen LogP contribution in [0.1, 0.15) is 75.0 Å². The van der Waals surface area contributed by atoms with Gasteiger partial charge in [0.2, 0.25) is 5.91 Å². The van der Waals surface area contributed by atoms with Crippen LogP contribution >= 0.6 is 912 Å². The van der Waals surface area contributed by atoms with E-state index in [9.17, 15) is 35.9 Å².